The molecule has 1 aromatic rings. The molecule has 0 heterocycles. The summed E-state index contributed by atoms with van der Waals surface area (Å²) >= 11 is 3.33. The molecule has 0 fully saturated rings. The van der Waals surface area contributed by atoms with Crippen LogP contribution in [0.15, 0.2) is 22.7 Å². The molecule has 0 aliphatic heterocycles. The topological polar surface area (TPSA) is 66.5 Å². The zero-order valence-electron chi connectivity index (χ0n) is 8.00. The second kappa shape index (κ2) is 4.29. The highest BCUT2D eigenvalue weighted by molar-refractivity contribution is 9.10. The maximum absolute atomic E-state index is 9.21. The van der Waals surface area contributed by atoms with Crippen LogP contribution in [0.2, 0.25) is 0 Å². The van der Waals surface area contributed by atoms with Crippen LogP contribution in [0.4, 0.5) is 0 Å². The molecule has 0 amide bonds. The average molecular weight is 260 g/mol. The molecule has 1 aromatic carbocycles. The number of rotatable bonds is 3. The molecule has 0 bridgehead atoms. The maximum atomic E-state index is 9.21. The largest absolute Gasteiger partial charge is 0.508 e. The fourth-order valence-electron chi connectivity index (χ4n) is 1.33. The summed E-state index contributed by atoms with van der Waals surface area (Å²) in [4.78, 5) is 0. The molecular formula is C10H14BrNO2. The molecule has 1 rings (SSSR count). The zero-order valence-corrected chi connectivity index (χ0v) is 9.58. The number of hydrogen-bond donors (Lipinski definition) is 3. The Balaban J connectivity index is 3.06. The van der Waals surface area contributed by atoms with E-state index in [1.807, 2.05) is 6.92 Å². The van der Waals surface area contributed by atoms with Gasteiger partial charge in [-0.1, -0.05) is 22.0 Å². The van der Waals surface area contributed by atoms with Crippen LogP contribution in [-0.2, 0) is 5.54 Å². The molecule has 4 heteroatoms. The van der Waals surface area contributed by atoms with Crippen LogP contribution in [0.25, 0.3) is 0 Å². The Morgan fingerprint density at radius 2 is 2.14 bits per heavy atom. The molecule has 0 aliphatic rings. The number of nitrogens with two attached hydrogens (primary N) is 1. The van der Waals surface area contributed by atoms with Gasteiger partial charge >= 0.3 is 0 Å². The van der Waals surface area contributed by atoms with E-state index >= 15 is 0 Å². The second-order valence-electron chi connectivity index (χ2n) is 3.56. The Bertz CT molecular complexity index is 326. The van der Waals surface area contributed by atoms with Crippen molar-refractivity contribution < 1.29 is 10.2 Å². The van der Waals surface area contributed by atoms with Crippen LogP contribution in [0, 0.1) is 0 Å². The van der Waals surface area contributed by atoms with E-state index in [2.05, 4.69) is 15.9 Å². The Labute approximate surface area is 91.7 Å². The second-order valence-corrected chi connectivity index (χ2v) is 4.41. The van der Waals surface area contributed by atoms with Crippen molar-refractivity contribution in [3.8, 4) is 5.75 Å². The number of phenolic OH excluding ortho intramolecular Hbond substituents is 1. The van der Waals surface area contributed by atoms with Crippen LogP contribution in [0.1, 0.15) is 18.9 Å². The lowest BCUT2D eigenvalue weighted by atomic mass is 9.90. The SMILES string of the molecule is CC(N)(CCO)c1ccc(O)cc1Br. The monoisotopic (exact) mass is 259 g/mol. The molecule has 0 saturated carbocycles. The number of benzene rings is 1. The van der Waals surface area contributed by atoms with Gasteiger partial charge in [-0.3, -0.25) is 0 Å². The van der Waals surface area contributed by atoms with E-state index in [0.29, 0.717) is 6.42 Å². The third-order valence-corrected chi connectivity index (χ3v) is 2.86. The zero-order chi connectivity index (χ0) is 10.8. The van der Waals surface area contributed by atoms with Crippen molar-refractivity contribution in [3.05, 3.63) is 28.2 Å². The summed E-state index contributed by atoms with van der Waals surface area (Å²) in [5.41, 5.74) is 6.32. The number of aliphatic hydroxyl groups excluding tert-OH is 1. The number of halogens is 1. The van der Waals surface area contributed by atoms with Crippen molar-refractivity contribution in [1.29, 1.82) is 0 Å². The fourth-order valence-corrected chi connectivity index (χ4v) is 2.15. The standard InChI is InChI=1S/C10H14BrNO2/c1-10(12,4-5-13)8-3-2-7(14)6-9(8)11/h2-3,6,13-14H,4-5,12H2,1H3. The third-order valence-electron chi connectivity index (χ3n) is 2.20. The first-order chi connectivity index (χ1) is 6.47. The molecular weight excluding hydrogens is 246 g/mol. The van der Waals surface area contributed by atoms with Gasteiger partial charge in [-0.2, -0.15) is 0 Å². The molecule has 1 atom stereocenters. The molecule has 1 unspecified atom stereocenters. The van der Waals surface area contributed by atoms with Gasteiger partial charge in [0.15, 0.2) is 0 Å². The normalized spacial score (nSPS) is 15.1. The van der Waals surface area contributed by atoms with Crippen LogP contribution in [-0.4, -0.2) is 16.8 Å². The van der Waals surface area contributed by atoms with Crippen molar-refractivity contribution in [2.75, 3.05) is 6.61 Å². The Kier molecular flexibility index (Phi) is 3.53. The smallest absolute Gasteiger partial charge is 0.116 e. The van der Waals surface area contributed by atoms with Gasteiger partial charge < -0.3 is 15.9 Å². The highest BCUT2D eigenvalue weighted by Gasteiger charge is 2.22. The summed E-state index contributed by atoms with van der Waals surface area (Å²) in [6.45, 7) is 1.89. The molecule has 78 valence electrons. The highest BCUT2D eigenvalue weighted by atomic mass is 79.9. The minimum absolute atomic E-state index is 0.0420. The van der Waals surface area contributed by atoms with E-state index in [9.17, 15) is 5.11 Å². The lowest BCUT2D eigenvalue weighted by Crippen LogP contribution is -2.34. The Morgan fingerprint density at radius 3 is 2.64 bits per heavy atom. The Morgan fingerprint density at radius 1 is 1.50 bits per heavy atom. The molecule has 4 N–H and O–H groups in total. The van der Waals surface area contributed by atoms with Gasteiger partial charge in [-0.25, -0.2) is 0 Å². The van der Waals surface area contributed by atoms with E-state index < -0.39 is 5.54 Å². The van der Waals surface area contributed by atoms with Gasteiger partial charge in [0.2, 0.25) is 0 Å². The summed E-state index contributed by atoms with van der Waals surface area (Å²) < 4.78 is 0.760. The summed E-state index contributed by atoms with van der Waals surface area (Å²) in [7, 11) is 0. The summed E-state index contributed by atoms with van der Waals surface area (Å²) in [5, 5.41) is 18.1. The van der Waals surface area contributed by atoms with Crippen LogP contribution < -0.4 is 5.73 Å². The van der Waals surface area contributed by atoms with Gasteiger partial charge in [0, 0.05) is 16.6 Å². The van der Waals surface area contributed by atoms with Crippen molar-refractivity contribution in [2.45, 2.75) is 18.9 Å². The predicted molar refractivity (Wildman–Crippen MR) is 59.0 cm³/mol. The lowest BCUT2D eigenvalue weighted by Gasteiger charge is -2.25. The van der Waals surface area contributed by atoms with Gasteiger partial charge in [0.1, 0.15) is 5.75 Å². The van der Waals surface area contributed by atoms with Gasteiger partial charge in [-0.05, 0) is 31.0 Å². The number of phenols is 1. The molecule has 0 spiro atoms. The van der Waals surface area contributed by atoms with E-state index in [4.69, 9.17) is 10.8 Å². The first-order valence-electron chi connectivity index (χ1n) is 4.36. The molecule has 0 radical (unpaired) electrons. The Hall–Kier alpha value is -0.580. The van der Waals surface area contributed by atoms with Gasteiger partial charge in [0.05, 0.1) is 0 Å². The first kappa shape index (κ1) is 11.5. The van der Waals surface area contributed by atoms with Crippen LogP contribution in [0.3, 0.4) is 0 Å². The van der Waals surface area contributed by atoms with E-state index in [1.165, 1.54) is 0 Å². The van der Waals surface area contributed by atoms with E-state index in [1.54, 1.807) is 18.2 Å². The number of aromatic hydroxyl groups is 1. The average Bonchev–Trinajstić information content (AvgIpc) is 2.02. The minimum Gasteiger partial charge on any atom is -0.508 e. The van der Waals surface area contributed by atoms with Crippen LogP contribution in [0.5, 0.6) is 5.75 Å². The molecule has 3 nitrogen and oxygen atoms in total. The summed E-state index contributed by atoms with van der Waals surface area (Å²) in [6, 6.07) is 4.94. The quantitative estimate of drug-likeness (QED) is 0.775. The van der Waals surface area contributed by atoms with Crippen LogP contribution >= 0.6 is 15.9 Å². The molecule has 0 aromatic heterocycles. The maximum Gasteiger partial charge on any atom is 0.116 e. The van der Waals surface area contributed by atoms with Crippen molar-refractivity contribution in [2.24, 2.45) is 5.73 Å². The van der Waals surface area contributed by atoms with Gasteiger partial charge in [0.25, 0.3) is 0 Å². The summed E-state index contributed by atoms with van der Waals surface area (Å²) in [6.07, 6.45) is 0.483. The van der Waals surface area contributed by atoms with Crippen molar-refractivity contribution >= 4 is 15.9 Å². The van der Waals surface area contributed by atoms with Crippen molar-refractivity contribution in [1.82, 2.24) is 0 Å². The first-order valence-corrected chi connectivity index (χ1v) is 5.15. The molecule has 0 saturated heterocycles. The van der Waals surface area contributed by atoms with Gasteiger partial charge in [-0.15, -0.1) is 0 Å². The fraction of sp³-hybridized carbons (Fsp3) is 0.400. The highest BCUT2D eigenvalue weighted by Crippen LogP contribution is 2.31. The third kappa shape index (κ3) is 2.47. The number of hydrogen-bond acceptors (Lipinski definition) is 3. The van der Waals surface area contributed by atoms with E-state index in [0.717, 1.165) is 10.0 Å². The minimum atomic E-state index is -0.582. The molecule has 14 heavy (non-hydrogen) atoms. The molecule has 0 aliphatic carbocycles. The predicted octanol–water partition coefficient (Wildman–Crippen LogP) is 1.71. The summed E-state index contributed by atoms with van der Waals surface area (Å²) in [5.74, 6) is 0.195. The lowest BCUT2D eigenvalue weighted by molar-refractivity contribution is 0.247. The van der Waals surface area contributed by atoms with Crippen molar-refractivity contribution in [3.63, 3.8) is 0 Å². The van der Waals surface area contributed by atoms with E-state index in [-0.39, 0.29) is 12.4 Å². The number of aliphatic hydroxyl groups is 1.